The summed E-state index contributed by atoms with van der Waals surface area (Å²) in [5, 5.41) is 4.47. The van der Waals surface area contributed by atoms with Gasteiger partial charge in [0.25, 0.3) is 0 Å². The lowest BCUT2D eigenvalue weighted by Crippen LogP contribution is -2.42. The highest BCUT2D eigenvalue weighted by Crippen LogP contribution is 2.38. The van der Waals surface area contributed by atoms with E-state index in [0.29, 0.717) is 0 Å². The van der Waals surface area contributed by atoms with Gasteiger partial charge in [-0.3, -0.25) is 0 Å². The third kappa shape index (κ3) is 3.92. The summed E-state index contributed by atoms with van der Waals surface area (Å²) < 4.78 is 10.9. The average molecular weight is 346 g/mol. The molecular weight excluding hydrogens is 322 g/mol. The minimum Gasteiger partial charge on any atom is -0.497 e. The van der Waals surface area contributed by atoms with Crippen molar-refractivity contribution in [3.8, 4) is 5.75 Å². The second kappa shape index (κ2) is 8.02. The maximum atomic E-state index is 6.50. The van der Waals surface area contributed by atoms with E-state index >= 15 is 0 Å². The van der Waals surface area contributed by atoms with Gasteiger partial charge in [-0.05, 0) is 42.2 Å². The van der Waals surface area contributed by atoms with Crippen LogP contribution in [0.2, 0.25) is 5.02 Å². The van der Waals surface area contributed by atoms with Crippen molar-refractivity contribution in [2.24, 2.45) is 0 Å². The van der Waals surface area contributed by atoms with E-state index in [1.165, 1.54) is 11.1 Å². The molecule has 2 aromatic rings. The van der Waals surface area contributed by atoms with Crippen molar-refractivity contribution in [2.75, 3.05) is 26.9 Å². The summed E-state index contributed by atoms with van der Waals surface area (Å²) in [6, 6.07) is 16.4. The highest BCUT2D eigenvalue weighted by atomic mass is 35.5. The fraction of sp³-hybridized carbons (Fsp3) is 0.400. The largest absolute Gasteiger partial charge is 0.497 e. The minimum atomic E-state index is 0.0372. The molecule has 4 heteroatoms. The Labute approximate surface area is 148 Å². The first-order valence-corrected chi connectivity index (χ1v) is 8.78. The quantitative estimate of drug-likeness (QED) is 0.851. The Morgan fingerprint density at radius 3 is 2.67 bits per heavy atom. The molecule has 1 N–H and O–H groups in total. The summed E-state index contributed by atoms with van der Waals surface area (Å²) in [7, 11) is 1.70. The number of ether oxygens (including phenoxy) is 2. The Hall–Kier alpha value is -1.55. The van der Waals surface area contributed by atoms with Gasteiger partial charge in [-0.25, -0.2) is 0 Å². The molecule has 1 heterocycles. The summed E-state index contributed by atoms with van der Waals surface area (Å²) in [6.45, 7) is 3.26. The van der Waals surface area contributed by atoms with Crippen molar-refractivity contribution in [3.05, 3.63) is 64.7 Å². The lowest BCUT2D eigenvalue weighted by Gasteiger charge is -2.38. The number of benzene rings is 2. The van der Waals surface area contributed by atoms with Gasteiger partial charge in [0.2, 0.25) is 0 Å². The zero-order valence-corrected chi connectivity index (χ0v) is 14.8. The fourth-order valence-electron chi connectivity index (χ4n) is 3.42. The number of rotatable bonds is 6. The maximum absolute atomic E-state index is 6.50. The van der Waals surface area contributed by atoms with E-state index in [2.05, 4.69) is 29.6 Å². The van der Waals surface area contributed by atoms with Gasteiger partial charge >= 0.3 is 0 Å². The van der Waals surface area contributed by atoms with E-state index in [9.17, 15) is 0 Å². The summed E-state index contributed by atoms with van der Waals surface area (Å²) in [5.74, 6) is 0.890. The van der Waals surface area contributed by atoms with Crippen LogP contribution in [0.5, 0.6) is 5.75 Å². The van der Waals surface area contributed by atoms with Crippen LogP contribution in [0.1, 0.15) is 24.0 Å². The van der Waals surface area contributed by atoms with E-state index in [0.717, 1.165) is 49.9 Å². The summed E-state index contributed by atoms with van der Waals surface area (Å²) in [6.07, 6.45) is 1.98. The Morgan fingerprint density at radius 2 is 1.92 bits per heavy atom. The summed E-state index contributed by atoms with van der Waals surface area (Å²) in [5.41, 5.74) is 2.49. The van der Waals surface area contributed by atoms with Crippen LogP contribution in [0.15, 0.2) is 48.5 Å². The van der Waals surface area contributed by atoms with E-state index in [4.69, 9.17) is 21.1 Å². The first-order chi connectivity index (χ1) is 11.7. The third-order valence-corrected chi connectivity index (χ3v) is 5.15. The molecule has 128 valence electrons. The van der Waals surface area contributed by atoms with Crippen LogP contribution in [-0.2, 0) is 16.7 Å². The number of nitrogens with one attached hydrogen (secondary N) is 1. The predicted octanol–water partition coefficient (Wildman–Crippen LogP) is 4.19. The van der Waals surface area contributed by atoms with Crippen molar-refractivity contribution in [2.45, 2.75) is 24.8 Å². The van der Waals surface area contributed by atoms with Crippen LogP contribution in [0.25, 0.3) is 0 Å². The number of hydrogen-bond acceptors (Lipinski definition) is 3. The van der Waals surface area contributed by atoms with E-state index < -0.39 is 0 Å². The first kappa shape index (κ1) is 17.3. The molecule has 0 bridgehead atoms. The van der Waals surface area contributed by atoms with Crippen LogP contribution in [0.4, 0.5) is 0 Å². The standard InChI is InChI=1S/C20H24ClNO2/c1-23-17-6-4-5-16(13-17)14-22-15-20(9-11-24-12-10-20)18-7-2-3-8-19(18)21/h2-8,13,22H,9-12,14-15H2,1H3. The summed E-state index contributed by atoms with van der Waals surface area (Å²) in [4.78, 5) is 0. The molecule has 0 spiro atoms. The molecule has 0 unspecified atom stereocenters. The van der Waals surface area contributed by atoms with Gasteiger partial charge in [-0.1, -0.05) is 41.9 Å². The van der Waals surface area contributed by atoms with Crippen molar-refractivity contribution in [1.29, 1.82) is 0 Å². The van der Waals surface area contributed by atoms with Crippen LogP contribution < -0.4 is 10.1 Å². The van der Waals surface area contributed by atoms with Crippen LogP contribution in [-0.4, -0.2) is 26.9 Å². The smallest absolute Gasteiger partial charge is 0.119 e. The predicted molar refractivity (Wildman–Crippen MR) is 97.9 cm³/mol. The van der Waals surface area contributed by atoms with Gasteiger partial charge < -0.3 is 14.8 Å². The average Bonchev–Trinajstić information content (AvgIpc) is 2.63. The van der Waals surface area contributed by atoms with Gasteiger partial charge in [0.15, 0.2) is 0 Å². The van der Waals surface area contributed by atoms with Gasteiger partial charge in [0.05, 0.1) is 7.11 Å². The zero-order chi connectivity index (χ0) is 16.8. The lowest BCUT2D eigenvalue weighted by molar-refractivity contribution is 0.0498. The highest BCUT2D eigenvalue weighted by molar-refractivity contribution is 6.31. The van der Waals surface area contributed by atoms with Crippen LogP contribution in [0.3, 0.4) is 0 Å². The Bertz CT molecular complexity index is 668. The first-order valence-electron chi connectivity index (χ1n) is 8.40. The van der Waals surface area contributed by atoms with Gasteiger partial charge in [-0.2, -0.15) is 0 Å². The second-order valence-electron chi connectivity index (χ2n) is 6.33. The number of halogens is 1. The molecule has 0 radical (unpaired) electrons. The number of hydrogen-bond donors (Lipinski definition) is 1. The van der Waals surface area contributed by atoms with Crippen LogP contribution in [0, 0.1) is 0 Å². The zero-order valence-electron chi connectivity index (χ0n) is 14.1. The Kier molecular flexibility index (Phi) is 5.77. The Morgan fingerprint density at radius 1 is 1.12 bits per heavy atom. The molecule has 3 rings (SSSR count). The normalized spacial score (nSPS) is 16.8. The molecule has 2 aromatic carbocycles. The monoisotopic (exact) mass is 345 g/mol. The molecule has 1 saturated heterocycles. The maximum Gasteiger partial charge on any atom is 0.119 e. The lowest BCUT2D eigenvalue weighted by atomic mass is 9.74. The van der Waals surface area contributed by atoms with Crippen molar-refractivity contribution >= 4 is 11.6 Å². The molecule has 0 aliphatic carbocycles. The minimum absolute atomic E-state index is 0.0372. The molecule has 1 aliphatic rings. The molecule has 1 aliphatic heterocycles. The van der Waals surface area contributed by atoms with Gasteiger partial charge in [0.1, 0.15) is 5.75 Å². The van der Waals surface area contributed by atoms with Crippen molar-refractivity contribution < 1.29 is 9.47 Å². The second-order valence-corrected chi connectivity index (χ2v) is 6.73. The molecule has 3 nitrogen and oxygen atoms in total. The molecule has 0 amide bonds. The molecule has 0 saturated carbocycles. The molecule has 0 atom stereocenters. The van der Waals surface area contributed by atoms with E-state index in [1.807, 2.05) is 24.3 Å². The van der Waals surface area contributed by atoms with Crippen molar-refractivity contribution in [1.82, 2.24) is 5.32 Å². The third-order valence-electron chi connectivity index (χ3n) is 4.82. The topological polar surface area (TPSA) is 30.5 Å². The molecular formula is C20H24ClNO2. The number of methoxy groups -OCH3 is 1. The molecule has 0 aromatic heterocycles. The SMILES string of the molecule is COc1cccc(CNCC2(c3ccccc3Cl)CCOCC2)c1. The van der Waals surface area contributed by atoms with E-state index in [1.54, 1.807) is 7.11 Å². The van der Waals surface area contributed by atoms with Crippen molar-refractivity contribution in [3.63, 3.8) is 0 Å². The summed E-state index contributed by atoms with van der Waals surface area (Å²) >= 11 is 6.50. The highest BCUT2D eigenvalue weighted by Gasteiger charge is 2.35. The van der Waals surface area contributed by atoms with Crippen LogP contribution >= 0.6 is 11.6 Å². The fourth-order valence-corrected chi connectivity index (χ4v) is 3.76. The molecule has 1 fully saturated rings. The van der Waals surface area contributed by atoms with E-state index in [-0.39, 0.29) is 5.41 Å². The van der Waals surface area contributed by atoms with Gasteiger partial charge in [-0.15, -0.1) is 0 Å². The van der Waals surface area contributed by atoms with Gasteiger partial charge in [0, 0.05) is 36.7 Å². The Balaban J connectivity index is 1.72. The molecule has 24 heavy (non-hydrogen) atoms.